The van der Waals surface area contributed by atoms with Crippen molar-refractivity contribution in [2.24, 2.45) is 16.3 Å². The summed E-state index contributed by atoms with van der Waals surface area (Å²) in [5.41, 5.74) is 10.4. The van der Waals surface area contributed by atoms with E-state index in [1.807, 2.05) is 45.0 Å². The molecular weight excluding hydrogens is 436 g/mol. The van der Waals surface area contributed by atoms with Crippen LogP contribution < -0.4 is 15.8 Å². The lowest BCUT2D eigenvalue weighted by molar-refractivity contribution is -0.118. The number of rotatable bonds is 3. The van der Waals surface area contributed by atoms with Gasteiger partial charge in [0.15, 0.2) is 5.78 Å². The van der Waals surface area contributed by atoms with Crippen molar-refractivity contribution in [1.82, 2.24) is 0 Å². The number of anilines is 1. The topological polar surface area (TPSA) is 130 Å². The van der Waals surface area contributed by atoms with E-state index in [-0.39, 0.29) is 21.9 Å². The van der Waals surface area contributed by atoms with Gasteiger partial charge in [0, 0.05) is 23.4 Å². The number of nitrogens with two attached hydrogens (primary N) is 2. The van der Waals surface area contributed by atoms with E-state index < -0.39 is 15.9 Å². The van der Waals surface area contributed by atoms with E-state index in [4.69, 9.17) is 10.9 Å². The second kappa shape index (κ2) is 7.87. The molecule has 33 heavy (non-hydrogen) atoms. The molecule has 0 saturated heterocycles. The quantitative estimate of drug-likeness (QED) is 0.717. The second-order valence-electron chi connectivity index (χ2n) is 9.43. The SMILES string of the molecule is Cc1ccc(C2C(C#N)=C(N)N(c3ccc(S(N)(=O)=O)cc3)C3=C2C(=O)CC(C)(C)C3)cc1. The number of hydrogen-bond acceptors (Lipinski definition) is 6. The number of carbonyl (C=O) groups is 1. The highest BCUT2D eigenvalue weighted by Gasteiger charge is 2.44. The molecule has 2 aliphatic rings. The highest BCUT2D eigenvalue weighted by atomic mass is 32.2. The summed E-state index contributed by atoms with van der Waals surface area (Å²) in [5.74, 6) is -0.331. The average Bonchev–Trinajstić information content (AvgIpc) is 2.72. The number of aryl methyl sites for hydroxylation is 1. The highest BCUT2D eigenvalue weighted by Crippen LogP contribution is 2.50. The van der Waals surface area contributed by atoms with Gasteiger partial charge < -0.3 is 5.73 Å². The van der Waals surface area contributed by atoms with Gasteiger partial charge >= 0.3 is 0 Å². The number of ketones is 1. The molecule has 0 saturated carbocycles. The Kier molecular flexibility index (Phi) is 5.43. The van der Waals surface area contributed by atoms with Crippen molar-refractivity contribution < 1.29 is 13.2 Å². The first kappa shape index (κ1) is 22.8. The molecule has 170 valence electrons. The maximum atomic E-state index is 13.5. The van der Waals surface area contributed by atoms with Gasteiger partial charge in [0.1, 0.15) is 5.82 Å². The first-order chi connectivity index (χ1) is 15.4. The van der Waals surface area contributed by atoms with Gasteiger partial charge in [-0.25, -0.2) is 13.6 Å². The third-order valence-electron chi connectivity index (χ3n) is 6.22. The average molecular weight is 463 g/mol. The molecule has 0 fully saturated rings. The van der Waals surface area contributed by atoms with Crippen LogP contribution in [0.4, 0.5) is 5.69 Å². The maximum Gasteiger partial charge on any atom is 0.238 e. The van der Waals surface area contributed by atoms with Crippen LogP contribution in [0, 0.1) is 23.7 Å². The zero-order valence-corrected chi connectivity index (χ0v) is 19.6. The lowest BCUT2D eigenvalue weighted by atomic mass is 9.68. The lowest BCUT2D eigenvalue weighted by Gasteiger charge is -2.43. The third kappa shape index (κ3) is 4.06. The first-order valence-corrected chi connectivity index (χ1v) is 12.1. The molecule has 8 heteroatoms. The number of nitrogens with zero attached hydrogens (tertiary/aromatic N) is 2. The number of primary sulfonamides is 1. The van der Waals surface area contributed by atoms with Crippen LogP contribution in [0.2, 0.25) is 0 Å². The van der Waals surface area contributed by atoms with E-state index in [2.05, 4.69) is 6.07 Å². The molecule has 0 radical (unpaired) electrons. The molecule has 1 aliphatic carbocycles. The third-order valence-corrected chi connectivity index (χ3v) is 7.14. The number of allylic oxidation sites excluding steroid dienone is 3. The number of carbonyl (C=O) groups excluding carboxylic acids is 1. The van der Waals surface area contributed by atoms with Gasteiger partial charge in [0.2, 0.25) is 10.0 Å². The molecule has 1 aliphatic heterocycles. The summed E-state index contributed by atoms with van der Waals surface area (Å²) in [6, 6.07) is 16.0. The minimum atomic E-state index is -3.86. The van der Waals surface area contributed by atoms with Crippen molar-refractivity contribution in [3.8, 4) is 6.07 Å². The summed E-state index contributed by atoms with van der Waals surface area (Å²) in [6.07, 6.45) is 0.942. The van der Waals surface area contributed by atoms with Gasteiger partial charge in [-0.15, -0.1) is 0 Å². The lowest BCUT2D eigenvalue weighted by Crippen LogP contribution is -2.42. The van der Waals surface area contributed by atoms with Crippen molar-refractivity contribution in [2.75, 3.05) is 4.90 Å². The van der Waals surface area contributed by atoms with Gasteiger partial charge in [0.05, 0.1) is 22.5 Å². The molecule has 1 atom stereocenters. The standard InChI is InChI=1S/C25H26N4O3S/c1-15-4-6-16(7-5-15)22-19(14-26)24(27)29(17-8-10-18(11-9-17)33(28,31)32)20-12-25(2,3)13-21(30)23(20)22/h4-11,22H,12-13,27H2,1-3H3,(H2,28,31,32). The fraction of sp³-hybridized carbons (Fsp3) is 0.280. The summed E-state index contributed by atoms with van der Waals surface area (Å²) < 4.78 is 23.4. The number of Topliss-reactive ketones (excluding diaryl/α,β-unsaturated/α-hetero) is 1. The van der Waals surface area contributed by atoms with Gasteiger partial charge in [0.25, 0.3) is 0 Å². The first-order valence-electron chi connectivity index (χ1n) is 10.6. The predicted octanol–water partition coefficient (Wildman–Crippen LogP) is 3.58. The molecule has 7 nitrogen and oxygen atoms in total. The Labute approximate surface area is 194 Å². The Hall–Kier alpha value is -3.41. The Balaban J connectivity index is 1.96. The van der Waals surface area contributed by atoms with Crippen LogP contribution >= 0.6 is 0 Å². The van der Waals surface area contributed by atoms with Gasteiger partial charge in [-0.3, -0.25) is 9.69 Å². The second-order valence-corrected chi connectivity index (χ2v) is 11.0. The smallest absolute Gasteiger partial charge is 0.238 e. The van der Waals surface area contributed by atoms with Crippen molar-refractivity contribution in [2.45, 2.75) is 44.4 Å². The minimum absolute atomic E-state index is 0.0155. The van der Waals surface area contributed by atoms with Crippen LogP contribution in [0.5, 0.6) is 0 Å². The number of benzene rings is 2. The van der Waals surface area contributed by atoms with Gasteiger partial charge in [-0.1, -0.05) is 43.7 Å². The van der Waals surface area contributed by atoms with Crippen molar-refractivity contribution in [1.29, 1.82) is 5.26 Å². The largest absolute Gasteiger partial charge is 0.384 e. The van der Waals surface area contributed by atoms with E-state index in [1.165, 1.54) is 12.1 Å². The maximum absolute atomic E-state index is 13.5. The monoisotopic (exact) mass is 462 g/mol. The Morgan fingerprint density at radius 3 is 2.21 bits per heavy atom. The molecule has 0 amide bonds. The normalized spacial score (nSPS) is 20.5. The zero-order valence-electron chi connectivity index (χ0n) is 18.8. The van der Waals surface area contributed by atoms with Crippen LogP contribution in [0.25, 0.3) is 0 Å². The van der Waals surface area contributed by atoms with E-state index in [9.17, 15) is 18.5 Å². The Morgan fingerprint density at radius 2 is 1.67 bits per heavy atom. The zero-order chi connectivity index (χ0) is 24.1. The van der Waals surface area contributed by atoms with Crippen molar-refractivity contribution >= 4 is 21.5 Å². The fourth-order valence-corrected chi connectivity index (χ4v) is 5.20. The Bertz CT molecular complexity index is 1350. The van der Waals surface area contributed by atoms with E-state index in [0.29, 0.717) is 29.7 Å². The van der Waals surface area contributed by atoms with E-state index >= 15 is 0 Å². The number of nitriles is 1. The fourth-order valence-electron chi connectivity index (χ4n) is 4.68. The van der Waals surface area contributed by atoms with Gasteiger partial charge in [-0.05, 0) is 48.6 Å². The summed E-state index contributed by atoms with van der Waals surface area (Å²) in [5, 5.41) is 15.3. The van der Waals surface area contributed by atoms with Crippen molar-refractivity contribution in [3.63, 3.8) is 0 Å². The van der Waals surface area contributed by atoms with Crippen LogP contribution in [0.3, 0.4) is 0 Å². The molecule has 1 unspecified atom stereocenters. The molecule has 0 bridgehead atoms. The predicted molar refractivity (Wildman–Crippen MR) is 126 cm³/mol. The Morgan fingerprint density at radius 1 is 1.06 bits per heavy atom. The molecule has 2 aromatic rings. The van der Waals surface area contributed by atoms with Crippen LogP contribution in [0.1, 0.15) is 43.7 Å². The number of sulfonamides is 1. The van der Waals surface area contributed by atoms with Crippen LogP contribution in [0.15, 0.2) is 76.1 Å². The molecule has 0 spiro atoms. The van der Waals surface area contributed by atoms with E-state index in [1.54, 1.807) is 17.0 Å². The molecule has 0 aromatic heterocycles. The highest BCUT2D eigenvalue weighted by molar-refractivity contribution is 7.89. The molecular formula is C25H26N4O3S. The molecule has 2 aromatic carbocycles. The summed E-state index contributed by atoms with van der Waals surface area (Å²) >= 11 is 0. The summed E-state index contributed by atoms with van der Waals surface area (Å²) in [7, 11) is -3.86. The molecule has 4 rings (SSSR count). The summed E-state index contributed by atoms with van der Waals surface area (Å²) in [4.78, 5) is 15.2. The molecule has 1 heterocycles. The molecule has 4 N–H and O–H groups in total. The van der Waals surface area contributed by atoms with Crippen LogP contribution in [-0.4, -0.2) is 14.2 Å². The minimum Gasteiger partial charge on any atom is -0.384 e. The number of hydrogen-bond donors (Lipinski definition) is 2. The van der Waals surface area contributed by atoms with E-state index in [0.717, 1.165) is 16.8 Å². The van der Waals surface area contributed by atoms with Gasteiger partial charge in [-0.2, -0.15) is 5.26 Å². The summed E-state index contributed by atoms with van der Waals surface area (Å²) in [6.45, 7) is 6.03. The van der Waals surface area contributed by atoms with Crippen molar-refractivity contribution in [3.05, 3.63) is 82.3 Å². The van der Waals surface area contributed by atoms with Crippen LogP contribution in [-0.2, 0) is 14.8 Å².